The van der Waals surface area contributed by atoms with Crippen molar-refractivity contribution in [1.82, 2.24) is 5.32 Å². The van der Waals surface area contributed by atoms with E-state index in [9.17, 15) is 4.79 Å². The Bertz CT molecular complexity index is 459. The Balaban J connectivity index is 2.41. The zero-order valence-electron chi connectivity index (χ0n) is 11.0. The van der Waals surface area contributed by atoms with E-state index in [2.05, 4.69) is 12.2 Å². The molecule has 1 saturated heterocycles. The van der Waals surface area contributed by atoms with Crippen molar-refractivity contribution in [3.63, 3.8) is 0 Å². The number of carbonyl (C=O) groups is 1. The molecule has 0 saturated carbocycles. The van der Waals surface area contributed by atoms with E-state index < -0.39 is 5.54 Å². The molecule has 1 aliphatic heterocycles. The van der Waals surface area contributed by atoms with Gasteiger partial charge in [-0.05, 0) is 31.9 Å². The number of rotatable bonds is 1. The molecular formula is C14H19ClN2O. The van der Waals surface area contributed by atoms with E-state index in [1.54, 1.807) is 4.90 Å². The predicted octanol–water partition coefficient (Wildman–Crippen LogP) is 2.69. The summed E-state index contributed by atoms with van der Waals surface area (Å²) in [6.45, 7) is 7.48. The zero-order chi connectivity index (χ0) is 13.3. The maximum Gasteiger partial charge on any atom is 0.246 e. The van der Waals surface area contributed by atoms with Gasteiger partial charge in [0, 0.05) is 13.1 Å². The summed E-state index contributed by atoms with van der Waals surface area (Å²) in [7, 11) is 0. The van der Waals surface area contributed by atoms with Crippen molar-refractivity contribution in [3.05, 3.63) is 29.3 Å². The van der Waals surface area contributed by atoms with Crippen LogP contribution in [0.1, 0.15) is 20.8 Å². The topological polar surface area (TPSA) is 32.3 Å². The van der Waals surface area contributed by atoms with Crippen LogP contribution in [0.2, 0.25) is 5.02 Å². The number of anilines is 1. The molecule has 1 unspecified atom stereocenters. The van der Waals surface area contributed by atoms with Gasteiger partial charge in [-0.1, -0.05) is 30.7 Å². The van der Waals surface area contributed by atoms with E-state index in [0.717, 1.165) is 12.2 Å². The third-order valence-electron chi connectivity index (χ3n) is 3.31. The van der Waals surface area contributed by atoms with Crippen LogP contribution in [-0.4, -0.2) is 24.5 Å². The molecule has 1 aromatic rings. The molecule has 1 fully saturated rings. The minimum absolute atomic E-state index is 0.0694. The summed E-state index contributed by atoms with van der Waals surface area (Å²) in [5.74, 6) is 0.465. The summed E-state index contributed by atoms with van der Waals surface area (Å²) < 4.78 is 0. The third-order valence-corrected chi connectivity index (χ3v) is 3.63. The number of carbonyl (C=O) groups excluding carboxylic acids is 1. The first-order valence-electron chi connectivity index (χ1n) is 6.23. The number of para-hydroxylation sites is 1. The number of hydrogen-bond donors (Lipinski definition) is 1. The van der Waals surface area contributed by atoms with Crippen molar-refractivity contribution in [2.45, 2.75) is 26.3 Å². The Labute approximate surface area is 113 Å². The molecule has 1 atom stereocenters. The molecule has 3 nitrogen and oxygen atoms in total. The molecule has 1 N–H and O–H groups in total. The van der Waals surface area contributed by atoms with E-state index in [1.807, 2.05) is 38.1 Å². The maximum absolute atomic E-state index is 12.6. The van der Waals surface area contributed by atoms with Crippen molar-refractivity contribution in [2.75, 3.05) is 18.0 Å². The highest BCUT2D eigenvalue weighted by Crippen LogP contribution is 2.29. The molecule has 98 valence electrons. The van der Waals surface area contributed by atoms with Gasteiger partial charge in [-0.15, -0.1) is 0 Å². The van der Waals surface area contributed by atoms with Crippen LogP contribution >= 0.6 is 11.6 Å². The molecule has 0 radical (unpaired) electrons. The van der Waals surface area contributed by atoms with Crippen LogP contribution in [0.3, 0.4) is 0 Å². The van der Waals surface area contributed by atoms with Gasteiger partial charge in [0.2, 0.25) is 5.91 Å². The number of halogens is 1. The number of amides is 1. The second kappa shape index (κ2) is 4.90. The van der Waals surface area contributed by atoms with E-state index >= 15 is 0 Å². The largest absolute Gasteiger partial charge is 0.309 e. The second-order valence-electron chi connectivity index (χ2n) is 5.48. The lowest BCUT2D eigenvalue weighted by Gasteiger charge is -2.29. The first-order chi connectivity index (χ1) is 8.42. The van der Waals surface area contributed by atoms with Crippen LogP contribution < -0.4 is 10.2 Å². The highest BCUT2D eigenvalue weighted by Gasteiger charge is 2.36. The standard InChI is InChI=1S/C14H19ClN2O/c1-10-8-16-14(2,3)13(18)17(9-10)12-7-5-4-6-11(12)15/h4-7,10,16H,8-9H2,1-3H3. The highest BCUT2D eigenvalue weighted by molar-refractivity contribution is 6.33. The Kier molecular flexibility index (Phi) is 3.64. The van der Waals surface area contributed by atoms with E-state index in [0.29, 0.717) is 17.5 Å². The quantitative estimate of drug-likeness (QED) is 0.848. The van der Waals surface area contributed by atoms with Crippen LogP contribution in [-0.2, 0) is 4.79 Å². The molecule has 2 rings (SSSR count). The van der Waals surface area contributed by atoms with Crippen LogP contribution in [0.15, 0.2) is 24.3 Å². The summed E-state index contributed by atoms with van der Waals surface area (Å²) >= 11 is 6.20. The Morgan fingerprint density at radius 2 is 2.06 bits per heavy atom. The molecule has 18 heavy (non-hydrogen) atoms. The first-order valence-corrected chi connectivity index (χ1v) is 6.61. The first kappa shape index (κ1) is 13.4. The zero-order valence-corrected chi connectivity index (χ0v) is 11.8. The number of nitrogens with zero attached hydrogens (tertiary/aromatic N) is 1. The van der Waals surface area contributed by atoms with Crippen molar-refractivity contribution in [1.29, 1.82) is 0 Å². The summed E-state index contributed by atoms with van der Waals surface area (Å²) in [4.78, 5) is 14.4. The van der Waals surface area contributed by atoms with Gasteiger partial charge in [-0.2, -0.15) is 0 Å². The molecule has 0 spiro atoms. The van der Waals surface area contributed by atoms with E-state index in [1.165, 1.54) is 0 Å². The van der Waals surface area contributed by atoms with Gasteiger partial charge in [-0.3, -0.25) is 4.79 Å². The SMILES string of the molecule is CC1CNC(C)(C)C(=O)N(c2ccccc2Cl)C1. The fraction of sp³-hybridized carbons (Fsp3) is 0.500. The summed E-state index contributed by atoms with van der Waals surface area (Å²) in [6.07, 6.45) is 0. The summed E-state index contributed by atoms with van der Waals surface area (Å²) in [5.41, 5.74) is 0.247. The molecule has 0 bridgehead atoms. The Morgan fingerprint density at radius 3 is 2.72 bits per heavy atom. The molecule has 1 aliphatic rings. The van der Waals surface area contributed by atoms with Crippen LogP contribution in [0, 0.1) is 5.92 Å². The Morgan fingerprint density at radius 1 is 1.39 bits per heavy atom. The lowest BCUT2D eigenvalue weighted by Crippen LogP contribution is -2.51. The van der Waals surface area contributed by atoms with Gasteiger partial charge < -0.3 is 10.2 Å². The van der Waals surface area contributed by atoms with Crippen LogP contribution in [0.5, 0.6) is 0 Å². The summed E-state index contributed by atoms with van der Waals surface area (Å²) in [6, 6.07) is 7.50. The number of hydrogen-bond acceptors (Lipinski definition) is 2. The van der Waals surface area contributed by atoms with Crippen LogP contribution in [0.25, 0.3) is 0 Å². The molecule has 0 aromatic heterocycles. The maximum atomic E-state index is 12.6. The van der Waals surface area contributed by atoms with Gasteiger partial charge in [0.15, 0.2) is 0 Å². The van der Waals surface area contributed by atoms with Gasteiger partial charge in [0.25, 0.3) is 0 Å². The molecule has 1 aromatic carbocycles. The third kappa shape index (κ3) is 2.52. The molecule has 1 amide bonds. The second-order valence-corrected chi connectivity index (χ2v) is 5.89. The Hall–Kier alpha value is -1.06. The smallest absolute Gasteiger partial charge is 0.246 e. The molecule has 4 heteroatoms. The van der Waals surface area contributed by atoms with Gasteiger partial charge in [-0.25, -0.2) is 0 Å². The minimum Gasteiger partial charge on any atom is -0.309 e. The molecular weight excluding hydrogens is 248 g/mol. The summed E-state index contributed by atoms with van der Waals surface area (Å²) in [5, 5.41) is 3.93. The average Bonchev–Trinajstić information content (AvgIpc) is 2.42. The molecule has 0 aliphatic carbocycles. The lowest BCUT2D eigenvalue weighted by atomic mass is 10.0. The average molecular weight is 267 g/mol. The highest BCUT2D eigenvalue weighted by atomic mass is 35.5. The fourth-order valence-electron chi connectivity index (χ4n) is 2.18. The monoisotopic (exact) mass is 266 g/mol. The van der Waals surface area contributed by atoms with Crippen molar-refractivity contribution >= 4 is 23.2 Å². The minimum atomic E-state index is -0.552. The van der Waals surface area contributed by atoms with Gasteiger partial charge >= 0.3 is 0 Å². The van der Waals surface area contributed by atoms with Crippen LogP contribution in [0.4, 0.5) is 5.69 Å². The fourth-order valence-corrected chi connectivity index (χ4v) is 2.42. The van der Waals surface area contributed by atoms with Gasteiger partial charge in [0.05, 0.1) is 16.2 Å². The predicted molar refractivity (Wildman–Crippen MR) is 75.1 cm³/mol. The lowest BCUT2D eigenvalue weighted by molar-refractivity contribution is -0.123. The number of benzene rings is 1. The van der Waals surface area contributed by atoms with Crippen molar-refractivity contribution < 1.29 is 4.79 Å². The van der Waals surface area contributed by atoms with E-state index in [4.69, 9.17) is 11.6 Å². The normalized spacial score (nSPS) is 23.9. The van der Waals surface area contributed by atoms with Crippen molar-refractivity contribution in [3.8, 4) is 0 Å². The van der Waals surface area contributed by atoms with Crippen molar-refractivity contribution in [2.24, 2.45) is 5.92 Å². The van der Waals surface area contributed by atoms with Gasteiger partial charge in [0.1, 0.15) is 0 Å². The van der Waals surface area contributed by atoms with E-state index in [-0.39, 0.29) is 5.91 Å². The number of nitrogens with one attached hydrogen (secondary N) is 1. The molecule has 1 heterocycles.